The van der Waals surface area contributed by atoms with Crippen LogP contribution in [0, 0.1) is 19.7 Å². The molecule has 0 aliphatic carbocycles. The second-order valence-electron chi connectivity index (χ2n) is 5.45. The maximum Gasteiger partial charge on any atom is 0.375 e. The number of carboxylic acid groups (broad SMARTS) is 1. The van der Waals surface area contributed by atoms with Gasteiger partial charge in [0.2, 0.25) is 0 Å². The third-order valence-corrected chi connectivity index (χ3v) is 3.61. The van der Waals surface area contributed by atoms with E-state index in [0.717, 1.165) is 21.4 Å². The predicted octanol–water partition coefficient (Wildman–Crippen LogP) is 1.89. The van der Waals surface area contributed by atoms with E-state index in [4.69, 9.17) is 5.11 Å². The number of aromatic carboxylic acids is 1. The van der Waals surface area contributed by atoms with Gasteiger partial charge in [0.05, 0.1) is 17.6 Å². The number of aromatic nitrogens is 6. The number of carboxylic acids is 1. The van der Waals surface area contributed by atoms with Crippen molar-refractivity contribution in [1.29, 1.82) is 0 Å². The van der Waals surface area contributed by atoms with Crippen LogP contribution in [0.4, 0.5) is 4.39 Å². The molecule has 4 aromatic rings. The van der Waals surface area contributed by atoms with E-state index in [9.17, 15) is 9.18 Å². The highest BCUT2D eigenvalue weighted by Crippen LogP contribution is 2.22. The summed E-state index contributed by atoms with van der Waals surface area (Å²) in [6.07, 6.45) is 3.27. The molecule has 4 aromatic heterocycles. The Morgan fingerprint density at radius 2 is 1.83 bits per heavy atom. The number of nitrogens with zero attached hydrogens (tertiary/aromatic N) is 6. The number of hydrogen-bond donors (Lipinski definition) is 1. The molecule has 0 fully saturated rings. The van der Waals surface area contributed by atoms with Crippen molar-refractivity contribution < 1.29 is 14.3 Å². The van der Waals surface area contributed by atoms with Crippen molar-refractivity contribution in [2.24, 2.45) is 0 Å². The fourth-order valence-electron chi connectivity index (χ4n) is 2.56. The van der Waals surface area contributed by atoms with Crippen LogP contribution in [0.15, 0.2) is 24.5 Å². The van der Waals surface area contributed by atoms with Crippen LogP contribution in [-0.2, 0) is 0 Å². The second-order valence-corrected chi connectivity index (χ2v) is 5.45. The zero-order valence-corrected chi connectivity index (χ0v) is 12.7. The number of aryl methyl sites for hydroxylation is 2. The zero-order valence-electron chi connectivity index (χ0n) is 12.7. The van der Waals surface area contributed by atoms with Gasteiger partial charge in [-0.25, -0.2) is 23.2 Å². The quantitative estimate of drug-likeness (QED) is 0.604. The molecule has 0 aliphatic heterocycles. The van der Waals surface area contributed by atoms with Crippen molar-refractivity contribution in [2.45, 2.75) is 13.8 Å². The molecule has 0 spiro atoms. The Morgan fingerprint density at radius 1 is 1.08 bits per heavy atom. The molecular weight excluding hydrogens is 315 g/mol. The summed E-state index contributed by atoms with van der Waals surface area (Å²) in [5.41, 5.74) is 3.27. The van der Waals surface area contributed by atoms with E-state index >= 15 is 0 Å². The smallest absolute Gasteiger partial charge is 0.375 e. The number of fused-ring (bicyclic) bond motifs is 2. The minimum absolute atomic E-state index is 0.146. The first-order valence-corrected chi connectivity index (χ1v) is 7.05. The first kappa shape index (κ1) is 14.2. The van der Waals surface area contributed by atoms with Gasteiger partial charge in [-0.3, -0.25) is 0 Å². The molecule has 0 aromatic carbocycles. The zero-order chi connectivity index (χ0) is 17.0. The normalized spacial score (nSPS) is 11.5. The van der Waals surface area contributed by atoms with Crippen LogP contribution in [0.2, 0.25) is 0 Å². The van der Waals surface area contributed by atoms with Crippen LogP contribution in [-0.4, -0.2) is 40.3 Å². The molecule has 1 N–H and O–H groups in total. The molecule has 0 saturated heterocycles. The number of halogens is 1. The Labute approximate surface area is 134 Å². The average molecular weight is 326 g/mol. The van der Waals surface area contributed by atoms with Gasteiger partial charge in [0.15, 0.2) is 17.1 Å². The summed E-state index contributed by atoms with van der Waals surface area (Å²) in [6.45, 7) is 3.75. The number of pyridine rings is 1. The molecule has 24 heavy (non-hydrogen) atoms. The van der Waals surface area contributed by atoms with Gasteiger partial charge in [-0.2, -0.15) is 10.1 Å². The lowest BCUT2D eigenvalue weighted by Crippen LogP contribution is -2.00. The summed E-state index contributed by atoms with van der Waals surface area (Å²) in [7, 11) is 0. The maximum atomic E-state index is 14.3. The lowest BCUT2D eigenvalue weighted by Gasteiger charge is -2.05. The largest absolute Gasteiger partial charge is 0.475 e. The van der Waals surface area contributed by atoms with Gasteiger partial charge >= 0.3 is 5.97 Å². The van der Waals surface area contributed by atoms with E-state index in [-0.39, 0.29) is 5.65 Å². The van der Waals surface area contributed by atoms with Crippen molar-refractivity contribution in [3.63, 3.8) is 0 Å². The van der Waals surface area contributed by atoms with Gasteiger partial charge in [-0.15, -0.1) is 5.10 Å². The van der Waals surface area contributed by atoms with Gasteiger partial charge in [-0.05, 0) is 31.5 Å². The highest BCUT2D eigenvalue weighted by Gasteiger charge is 2.16. The third-order valence-electron chi connectivity index (χ3n) is 3.61. The molecule has 4 rings (SSSR count). The summed E-state index contributed by atoms with van der Waals surface area (Å²) in [5, 5.41) is 17.1. The Bertz CT molecular complexity index is 1130. The molecule has 8 nitrogen and oxygen atoms in total. The molecule has 0 atom stereocenters. The molecule has 0 bridgehead atoms. The molecule has 0 radical (unpaired) electrons. The molecular formula is C15H11FN6O2. The molecule has 4 heterocycles. The van der Waals surface area contributed by atoms with Crippen LogP contribution < -0.4 is 0 Å². The minimum atomic E-state index is -1.32. The van der Waals surface area contributed by atoms with Crippen LogP contribution in [0.5, 0.6) is 0 Å². The summed E-state index contributed by atoms with van der Waals surface area (Å²) >= 11 is 0. The van der Waals surface area contributed by atoms with E-state index in [1.165, 1.54) is 12.3 Å². The van der Waals surface area contributed by atoms with Crippen molar-refractivity contribution in [3.05, 3.63) is 47.4 Å². The van der Waals surface area contributed by atoms with Gasteiger partial charge in [-0.1, -0.05) is 0 Å². The van der Waals surface area contributed by atoms with Crippen molar-refractivity contribution in [3.8, 4) is 11.3 Å². The number of carbonyl (C=O) groups is 1. The molecule has 0 unspecified atom stereocenters. The Hall–Kier alpha value is -3.36. The highest BCUT2D eigenvalue weighted by molar-refractivity contribution is 5.83. The van der Waals surface area contributed by atoms with E-state index in [1.54, 1.807) is 16.8 Å². The summed E-state index contributed by atoms with van der Waals surface area (Å²) in [6, 6.07) is 3.05. The predicted molar refractivity (Wildman–Crippen MR) is 81.4 cm³/mol. The van der Waals surface area contributed by atoms with Gasteiger partial charge in [0.1, 0.15) is 0 Å². The average Bonchev–Trinajstić information content (AvgIpc) is 3.10. The Morgan fingerprint density at radius 3 is 2.58 bits per heavy atom. The van der Waals surface area contributed by atoms with Crippen LogP contribution in [0.1, 0.15) is 21.9 Å². The monoisotopic (exact) mass is 326 g/mol. The fraction of sp³-hybridized carbons (Fsp3) is 0.133. The SMILES string of the molecule is Cc1cn2nc(-c3cc(F)c4nc(C(=O)O)nn4c3)cc(C)c2n1. The number of hydrogen-bond acceptors (Lipinski definition) is 5. The van der Waals surface area contributed by atoms with Gasteiger partial charge in [0.25, 0.3) is 5.82 Å². The summed E-state index contributed by atoms with van der Waals surface area (Å²) in [5.74, 6) is -2.45. The first-order valence-electron chi connectivity index (χ1n) is 7.05. The highest BCUT2D eigenvalue weighted by atomic mass is 19.1. The molecule has 120 valence electrons. The van der Waals surface area contributed by atoms with Crippen molar-refractivity contribution in [1.82, 2.24) is 29.2 Å². The fourth-order valence-corrected chi connectivity index (χ4v) is 2.56. The van der Waals surface area contributed by atoms with E-state index < -0.39 is 17.6 Å². The van der Waals surface area contributed by atoms with E-state index in [2.05, 4.69) is 20.2 Å². The summed E-state index contributed by atoms with van der Waals surface area (Å²) < 4.78 is 17.0. The van der Waals surface area contributed by atoms with Gasteiger partial charge < -0.3 is 5.11 Å². The number of rotatable bonds is 2. The molecule has 0 aliphatic rings. The Kier molecular flexibility index (Phi) is 2.86. The minimum Gasteiger partial charge on any atom is -0.475 e. The standard InChI is InChI=1S/C15H11FN6O2/c1-7-3-11(19-21-5-8(2)17-13(7)21)9-4-10(16)14-18-12(15(23)24)20-22(14)6-9/h3-6H,1-2H3,(H,23,24). The molecule has 9 heteroatoms. The summed E-state index contributed by atoms with van der Waals surface area (Å²) in [4.78, 5) is 19.0. The van der Waals surface area contributed by atoms with Crippen molar-refractivity contribution in [2.75, 3.05) is 0 Å². The van der Waals surface area contributed by atoms with Crippen molar-refractivity contribution >= 4 is 17.3 Å². The molecule has 0 amide bonds. The van der Waals surface area contributed by atoms with Crippen LogP contribution >= 0.6 is 0 Å². The van der Waals surface area contributed by atoms with E-state index in [1.807, 2.05) is 13.8 Å². The molecule has 0 saturated carbocycles. The lowest BCUT2D eigenvalue weighted by atomic mass is 10.1. The topological polar surface area (TPSA) is 97.7 Å². The first-order chi connectivity index (χ1) is 11.4. The van der Waals surface area contributed by atoms with Gasteiger partial charge in [0, 0.05) is 11.8 Å². The lowest BCUT2D eigenvalue weighted by molar-refractivity contribution is 0.0684. The maximum absolute atomic E-state index is 14.3. The van der Waals surface area contributed by atoms with Crippen LogP contribution in [0.3, 0.4) is 0 Å². The Balaban J connectivity index is 1.94. The second kappa shape index (κ2) is 4.82. The number of imidazole rings is 1. The van der Waals surface area contributed by atoms with E-state index in [0.29, 0.717) is 11.3 Å². The van der Waals surface area contributed by atoms with Crippen LogP contribution in [0.25, 0.3) is 22.6 Å². The third kappa shape index (κ3) is 2.09.